The molecule has 1 amide bonds. The highest BCUT2D eigenvalue weighted by Gasteiger charge is 2.06. The third-order valence-electron chi connectivity index (χ3n) is 2.25. The van der Waals surface area contributed by atoms with Crippen LogP contribution in [0.3, 0.4) is 0 Å². The van der Waals surface area contributed by atoms with Gasteiger partial charge in [-0.05, 0) is 30.5 Å². The van der Waals surface area contributed by atoms with Crippen LogP contribution < -0.4 is 10.0 Å². The van der Waals surface area contributed by atoms with Gasteiger partial charge in [0.2, 0.25) is 15.9 Å². The van der Waals surface area contributed by atoms with E-state index in [1.54, 1.807) is 23.9 Å². The van der Waals surface area contributed by atoms with Gasteiger partial charge in [-0.1, -0.05) is 6.58 Å². The first-order valence-corrected chi connectivity index (χ1v) is 8.30. The first-order valence-electron chi connectivity index (χ1n) is 5.53. The molecule has 19 heavy (non-hydrogen) atoms. The van der Waals surface area contributed by atoms with Crippen molar-refractivity contribution in [3.8, 4) is 0 Å². The summed E-state index contributed by atoms with van der Waals surface area (Å²) >= 11 is 1.62. The topological polar surface area (TPSA) is 75.3 Å². The van der Waals surface area contributed by atoms with Crippen LogP contribution in [0.25, 0.3) is 0 Å². The van der Waals surface area contributed by atoms with Gasteiger partial charge >= 0.3 is 0 Å². The highest BCUT2D eigenvalue weighted by molar-refractivity contribution is 7.98. The minimum absolute atomic E-state index is 0.0447. The van der Waals surface area contributed by atoms with E-state index in [0.717, 1.165) is 10.3 Å². The van der Waals surface area contributed by atoms with Crippen LogP contribution in [-0.4, -0.2) is 27.1 Å². The van der Waals surface area contributed by atoms with Gasteiger partial charge in [0.1, 0.15) is 0 Å². The molecule has 0 atom stereocenters. The Balaban J connectivity index is 2.40. The molecule has 0 aromatic heterocycles. The quantitative estimate of drug-likeness (QED) is 0.753. The van der Waals surface area contributed by atoms with Crippen LogP contribution >= 0.6 is 11.8 Å². The summed E-state index contributed by atoms with van der Waals surface area (Å²) < 4.78 is 24.3. The summed E-state index contributed by atoms with van der Waals surface area (Å²) in [7, 11) is -3.47. The summed E-state index contributed by atoms with van der Waals surface area (Å²) in [5.74, 6) is -0.247. The summed E-state index contributed by atoms with van der Waals surface area (Å²) in [6.45, 7) is 3.21. The number of rotatable bonds is 7. The average Bonchev–Trinajstić information content (AvgIpc) is 2.39. The molecule has 0 bridgehead atoms. The molecule has 0 heterocycles. The first kappa shape index (κ1) is 15.7. The number of carbonyl (C=O) groups excluding carboxylic acids is 1. The van der Waals surface area contributed by atoms with E-state index in [0.29, 0.717) is 5.69 Å². The Kier molecular flexibility index (Phi) is 6.07. The van der Waals surface area contributed by atoms with Crippen molar-refractivity contribution in [3.63, 3.8) is 0 Å². The molecule has 0 unspecified atom stereocenters. The molecule has 0 aliphatic carbocycles. The fourth-order valence-corrected chi connectivity index (χ4v) is 2.18. The number of nitrogens with one attached hydrogen (secondary N) is 2. The lowest BCUT2D eigenvalue weighted by Crippen LogP contribution is -2.26. The Bertz CT molecular complexity index is 539. The van der Waals surface area contributed by atoms with Gasteiger partial charge in [-0.25, -0.2) is 13.1 Å². The van der Waals surface area contributed by atoms with Gasteiger partial charge in [0.15, 0.2) is 0 Å². The fraction of sp³-hybridized carbons (Fsp3) is 0.250. The molecule has 7 heteroatoms. The Morgan fingerprint density at radius 1 is 1.37 bits per heavy atom. The van der Waals surface area contributed by atoms with E-state index < -0.39 is 10.0 Å². The van der Waals surface area contributed by atoms with Crippen molar-refractivity contribution in [3.05, 3.63) is 36.3 Å². The Labute approximate surface area is 117 Å². The van der Waals surface area contributed by atoms with Crippen molar-refractivity contribution in [1.29, 1.82) is 0 Å². The largest absolute Gasteiger partial charge is 0.326 e. The lowest BCUT2D eigenvalue weighted by atomic mass is 10.3. The van der Waals surface area contributed by atoms with Crippen LogP contribution in [0.2, 0.25) is 0 Å². The standard InChI is InChI=1S/C12H16N2O3S2/c1-3-19(16,17)13-9-8-12(15)14-10-4-6-11(18-2)7-5-10/h3-7,13H,1,8-9H2,2H3,(H,14,15). The molecule has 0 radical (unpaired) electrons. The summed E-state index contributed by atoms with van der Waals surface area (Å²) in [5, 5.41) is 3.50. The SMILES string of the molecule is C=CS(=O)(=O)NCCC(=O)Nc1ccc(SC)cc1. The summed E-state index contributed by atoms with van der Waals surface area (Å²) in [6.07, 6.45) is 2.04. The number of thioether (sulfide) groups is 1. The molecule has 0 fully saturated rings. The predicted molar refractivity (Wildman–Crippen MR) is 78.6 cm³/mol. The summed E-state index contributed by atoms with van der Waals surface area (Å²) in [4.78, 5) is 12.7. The van der Waals surface area contributed by atoms with Gasteiger partial charge < -0.3 is 5.32 Å². The molecule has 104 valence electrons. The lowest BCUT2D eigenvalue weighted by molar-refractivity contribution is -0.116. The Morgan fingerprint density at radius 2 is 2.00 bits per heavy atom. The smallest absolute Gasteiger partial charge is 0.233 e. The van der Waals surface area contributed by atoms with Crippen LogP contribution in [0.4, 0.5) is 5.69 Å². The Morgan fingerprint density at radius 3 is 2.53 bits per heavy atom. The van der Waals surface area contributed by atoms with Crippen molar-refractivity contribution in [2.24, 2.45) is 0 Å². The molecule has 1 aromatic rings. The van der Waals surface area contributed by atoms with Crippen LogP contribution in [-0.2, 0) is 14.8 Å². The van der Waals surface area contributed by atoms with E-state index in [2.05, 4.69) is 16.6 Å². The number of amides is 1. The minimum Gasteiger partial charge on any atom is -0.326 e. The van der Waals surface area contributed by atoms with Gasteiger partial charge in [0.05, 0.1) is 0 Å². The number of hydrogen-bond acceptors (Lipinski definition) is 4. The number of anilines is 1. The maximum Gasteiger partial charge on any atom is 0.233 e. The first-order chi connectivity index (χ1) is 8.96. The minimum atomic E-state index is -3.47. The zero-order chi connectivity index (χ0) is 14.3. The number of benzene rings is 1. The van der Waals surface area contributed by atoms with Crippen LogP contribution in [0.15, 0.2) is 41.1 Å². The monoisotopic (exact) mass is 300 g/mol. The number of carbonyl (C=O) groups is 1. The second-order valence-electron chi connectivity index (χ2n) is 3.63. The van der Waals surface area contributed by atoms with Crippen LogP contribution in [0.5, 0.6) is 0 Å². The summed E-state index contributed by atoms with van der Waals surface area (Å²) in [6, 6.07) is 7.41. The van der Waals surface area contributed by atoms with E-state index in [9.17, 15) is 13.2 Å². The second-order valence-corrected chi connectivity index (χ2v) is 6.22. The van der Waals surface area contributed by atoms with Gasteiger partial charge in [-0.3, -0.25) is 4.79 Å². The van der Waals surface area contributed by atoms with E-state index in [-0.39, 0.29) is 18.9 Å². The van der Waals surface area contributed by atoms with Crippen LogP contribution in [0.1, 0.15) is 6.42 Å². The average molecular weight is 300 g/mol. The molecule has 0 saturated carbocycles. The van der Waals surface area contributed by atoms with Gasteiger partial charge in [-0.2, -0.15) is 0 Å². The number of hydrogen-bond donors (Lipinski definition) is 2. The third kappa shape index (κ3) is 5.91. The van der Waals surface area contributed by atoms with E-state index >= 15 is 0 Å². The molecule has 0 saturated heterocycles. The maximum absolute atomic E-state index is 11.6. The molecule has 2 N–H and O–H groups in total. The molecular formula is C12H16N2O3S2. The molecule has 5 nitrogen and oxygen atoms in total. The zero-order valence-corrected chi connectivity index (χ0v) is 12.2. The van der Waals surface area contributed by atoms with E-state index in [1.807, 2.05) is 18.4 Å². The van der Waals surface area contributed by atoms with E-state index in [4.69, 9.17) is 0 Å². The van der Waals surface area contributed by atoms with E-state index in [1.165, 1.54) is 0 Å². The normalized spacial score (nSPS) is 11.0. The van der Waals surface area contributed by atoms with Crippen molar-refractivity contribution < 1.29 is 13.2 Å². The predicted octanol–water partition coefficient (Wildman–Crippen LogP) is 1.80. The highest BCUT2D eigenvalue weighted by Crippen LogP contribution is 2.17. The second kappa shape index (κ2) is 7.32. The zero-order valence-electron chi connectivity index (χ0n) is 10.5. The van der Waals surface area contributed by atoms with Crippen molar-refractivity contribution in [1.82, 2.24) is 4.72 Å². The fourth-order valence-electron chi connectivity index (χ4n) is 1.26. The van der Waals surface area contributed by atoms with Gasteiger partial charge in [0, 0.05) is 29.0 Å². The van der Waals surface area contributed by atoms with Crippen molar-refractivity contribution >= 4 is 33.4 Å². The molecule has 0 spiro atoms. The molecule has 1 rings (SSSR count). The molecular weight excluding hydrogens is 284 g/mol. The third-order valence-corrected chi connectivity index (χ3v) is 4.04. The Hall–Kier alpha value is -1.31. The molecule has 0 aliphatic heterocycles. The molecule has 1 aromatic carbocycles. The van der Waals surface area contributed by atoms with Gasteiger partial charge in [0.25, 0.3) is 0 Å². The van der Waals surface area contributed by atoms with Gasteiger partial charge in [-0.15, -0.1) is 11.8 Å². The van der Waals surface area contributed by atoms with Crippen molar-refractivity contribution in [2.75, 3.05) is 18.1 Å². The lowest BCUT2D eigenvalue weighted by Gasteiger charge is -2.06. The number of sulfonamides is 1. The van der Waals surface area contributed by atoms with Crippen LogP contribution in [0, 0.1) is 0 Å². The maximum atomic E-state index is 11.6. The summed E-state index contributed by atoms with van der Waals surface area (Å²) in [5.41, 5.74) is 0.689. The highest BCUT2D eigenvalue weighted by atomic mass is 32.2. The molecule has 0 aliphatic rings. The van der Waals surface area contributed by atoms with Crippen molar-refractivity contribution in [2.45, 2.75) is 11.3 Å².